The monoisotopic (exact) mass is 370 g/mol. The van der Waals surface area contributed by atoms with Gasteiger partial charge in [0.25, 0.3) is 5.91 Å². The molecule has 3 amide bonds. The molecular weight excluding hydrogens is 348 g/mol. The van der Waals surface area contributed by atoms with E-state index in [9.17, 15) is 14.4 Å². The Morgan fingerprint density at radius 1 is 1.04 bits per heavy atom. The number of ketones is 1. The van der Waals surface area contributed by atoms with E-state index in [1.165, 1.54) is 14.0 Å². The van der Waals surface area contributed by atoms with Crippen LogP contribution in [0.2, 0.25) is 0 Å². The molecule has 2 rings (SSSR count). The molecule has 0 bridgehead atoms. The zero-order chi connectivity index (χ0) is 19.8. The van der Waals surface area contributed by atoms with Crippen LogP contribution in [0.15, 0.2) is 48.5 Å². The van der Waals surface area contributed by atoms with E-state index in [2.05, 4.69) is 10.6 Å². The van der Waals surface area contributed by atoms with Crippen LogP contribution in [0.25, 0.3) is 0 Å². The Kier molecular flexibility index (Phi) is 6.93. The maximum Gasteiger partial charge on any atom is 0.321 e. The summed E-state index contributed by atoms with van der Waals surface area (Å²) in [6.07, 6.45) is -1.08. The maximum atomic E-state index is 12.6. The van der Waals surface area contributed by atoms with Crippen LogP contribution >= 0.6 is 0 Å². The number of methoxy groups -OCH3 is 1. The Hall–Kier alpha value is -3.35. The number of carbonyl (C=O) groups is 3. The van der Waals surface area contributed by atoms with Gasteiger partial charge < -0.3 is 14.8 Å². The van der Waals surface area contributed by atoms with Crippen molar-refractivity contribution in [2.45, 2.75) is 20.0 Å². The van der Waals surface area contributed by atoms with E-state index in [4.69, 9.17) is 9.47 Å². The lowest BCUT2D eigenvalue weighted by Crippen LogP contribution is -2.42. The Labute approximate surface area is 157 Å². The molecule has 0 heterocycles. The molecule has 0 radical (unpaired) electrons. The summed E-state index contributed by atoms with van der Waals surface area (Å²) < 4.78 is 11.2. The average molecular weight is 370 g/mol. The van der Waals surface area contributed by atoms with E-state index in [1.807, 2.05) is 6.07 Å². The summed E-state index contributed by atoms with van der Waals surface area (Å²) in [6.45, 7) is 3.58. The van der Waals surface area contributed by atoms with Gasteiger partial charge >= 0.3 is 6.03 Å². The fourth-order valence-electron chi connectivity index (χ4n) is 2.39. The van der Waals surface area contributed by atoms with Crippen LogP contribution in [-0.2, 0) is 4.79 Å². The van der Waals surface area contributed by atoms with Gasteiger partial charge in [-0.05, 0) is 32.0 Å². The number of hydrogen-bond donors (Lipinski definition) is 2. The second-order valence-corrected chi connectivity index (χ2v) is 5.68. The summed E-state index contributed by atoms with van der Waals surface area (Å²) in [5.74, 6) is -0.143. The lowest BCUT2D eigenvalue weighted by Gasteiger charge is -2.20. The van der Waals surface area contributed by atoms with Crippen molar-refractivity contribution >= 4 is 17.7 Å². The summed E-state index contributed by atoms with van der Waals surface area (Å²) in [5, 5.41) is 4.76. The fraction of sp³-hybridized carbons (Fsp3) is 0.250. The molecule has 7 heteroatoms. The van der Waals surface area contributed by atoms with E-state index in [-0.39, 0.29) is 11.5 Å². The lowest BCUT2D eigenvalue weighted by molar-refractivity contribution is -0.127. The molecule has 2 N–H and O–H groups in total. The van der Waals surface area contributed by atoms with Gasteiger partial charge in [0.1, 0.15) is 0 Å². The van der Waals surface area contributed by atoms with Gasteiger partial charge in [-0.2, -0.15) is 0 Å². The van der Waals surface area contributed by atoms with Gasteiger partial charge in [-0.3, -0.25) is 14.9 Å². The first-order chi connectivity index (χ1) is 13.0. The largest absolute Gasteiger partial charge is 0.493 e. The summed E-state index contributed by atoms with van der Waals surface area (Å²) in [7, 11) is 1.44. The number of amides is 3. The molecule has 0 saturated heterocycles. The highest BCUT2D eigenvalue weighted by atomic mass is 16.5. The number of nitrogens with one attached hydrogen (secondary N) is 2. The number of imide groups is 1. The molecule has 0 aliphatic heterocycles. The van der Waals surface area contributed by atoms with Crippen LogP contribution in [0.5, 0.6) is 11.5 Å². The minimum Gasteiger partial charge on any atom is -0.493 e. The van der Waals surface area contributed by atoms with E-state index in [0.29, 0.717) is 23.4 Å². The van der Waals surface area contributed by atoms with Crippen molar-refractivity contribution in [1.29, 1.82) is 0 Å². The number of hydrogen-bond acceptors (Lipinski definition) is 5. The van der Waals surface area contributed by atoms with Gasteiger partial charge in [-0.25, -0.2) is 4.79 Å². The van der Waals surface area contributed by atoms with E-state index < -0.39 is 18.0 Å². The Morgan fingerprint density at radius 3 is 2.33 bits per heavy atom. The van der Waals surface area contributed by atoms with E-state index in [0.717, 1.165) is 0 Å². The van der Waals surface area contributed by atoms with Crippen molar-refractivity contribution < 1.29 is 23.9 Å². The summed E-state index contributed by atoms with van der Waals surface area (Å²) in [5.41, 5.74) is 1.03. The number of urea groups is 1. The molecule has 0 unspecified atom stereocenters. The number of carbonyl (C=O) groups excluding carboxylic acids is 3. The molecular formula is C20H22N2O5. The third-order valence-electron chi connectivity index (χ3n) is 3.73. The summed E-state index contributed by atoms with van der Waals surface area (Å²) in [6, 6.07) is 12.9. The minimum atomic E-state index is -1.08. The van der Waals surface area contributed by atoms with Gasteiger partial charge in [0.15, 0.2) is 17.3 Å². The summed E-state index contributed by atoms with van der Waals surface area (Å²) >= 11 is 0. The molecule has 0 saturated carbocycles. The SMILES string of the molecule is CCNC(=O)NC(=O)[C@H](Oc1ccc(C(C)=O)cc1OC)c1ccccc1. The first-order valence-corrected chi connectivity index (χ1v) is 8.45. The number of ether oxygens (including phenoxy) is 2. The zero-order valence-electron chi connectivity index (χ0n) is 15.4. The molecule has 7 nitrogen and oxygen atoms in total. The predicted octanol–water partition coefficient (Wildman–Crippen LogP) is 2.86. The lowest BCUT2D eigenvalue weighted by atomic mass is 10.1. The zero-order valence-corrected chi connectivity index (χ0v) is 15.4. The topological polar surface area (TPSA) is 93.7 Å². The third-order valence-corrected chi connectivity index (χ3v) is 3.73. The smallest absolute Gasteiger partial charge is 0.321 e. The molecule has 0 aliphatic rings. The summed E-state index contributed by atoms with van der Waals surface area (Å²) in [4.78, 5) is 35.9. The molecule has 0 fully saturated rings. The van der Waals surface area contributed by atoms with Crippen molar-refractivity contribution in [3.05, 3.63) is 59.7 Å². The predicted molar refractivity (Wildman–Crippen MR) is 100 cm³/mol. The molecule has 1 atom stereocenters. The Morgan fingerprint density at radius 2 is 1.74 bits per heavy atom. The first-order valence-electron chi connectivity index (χ1n) is 8.45. The van der Waals surface area contributed by atoms with Gasteiger partial charge in [0, 0.05) is 17.7 Å². The molecule has 2 aromatic carbocycles. The van der Waals surface area contributed by atoms with Crippen LogP contribution < -0.4 is 20.1 Å². The van der Waals surface area contributed by atoms with Crippen molar-refractivity contribution in [3.8, 4) is 11.5 Å². The number of benzene rings is 2. The Balaban J connectivity index is 2.33. The van der Waals surface area contributed by atoms with Crippen LogP contribution in [0, 0.1) is 0 Å². The second-order valence-electron chi connectivity index (χ2n) is 5.68. The fourth-order valence-corrected chi connectivity index (χ4v) is 2.39. The quantitative estimate of drug-likeness (QED) is 0.731. The molecule has 0 spiro atoms. The number of rotatable bonds is 7. The standard InChI is InChI=1S/C20H22N2O5/c1-4-21-20(25)22-19(24)18(14-8-6-5-7-9-14)27-16-11-10-15(13(2)23)12-17(16)26-3/h5-12,18H,4H2,1-3H3,(H2,21,22,24,25)/t18-/m1/s1. The van der Waals surface area contributed by atoms with Crippen molar-refractivity contribution in [2.75, 3.05) is 13.7 Å². The molecule has 0 aromatic heterocycles. The third kappa shape index (κ3) is 5.31. The highest BCUT2D eigenvalue weighted by Crippen LogP contribution is 2.32. The van der Waals surface area contributed by atoms with Gasteiger partial charge in [0.05, 0.1) is 7.11 Å². The second kappa shape index (κ2) is 9.38. The highest BCUT2D eigenvalue weighted by molar-refractivity contribution is 5.97. The molecule has 27 heavy (non-hydrogen) atoms. The van der Waals surface area contributed by atoms with Crippen molar-refractivity contribution in [2.24, 2.45) is 0 Å². The molecule has 142 valence electrons. The Bertz CT molecular complexity index is 820. The van der Waals surface area contributed by atoms with Crippen LogP contribution in [0.3, 0.4) is 0 Å². The normalized spacial score (nSPS) is 11.2. The van der Waals surface area contributed by atoms with E-state index >= 15 is 0 Å². The molecule has 2 aromatic rings. The molecule has 0 aliphatic carbocycles. The van der Waals surface area contributed by atoms with Gasteiger partial charge in [0.2, 0.25) is 6.10 Å². The van der Waals surface area contributed by atoms with Crippen molar-refractivity contribution in [1.82, 2.24) is 10.6 Å². The van der Waals surface area contributed by atoms with Gasteiger partial charge in [-0.1, -0.05) is 30.3 Å². The van der Waals surface area contributed by atoms with Crippen LogP contribution in [0.4, 0.5) is 4.79 Å². The first kappa shape index (κ1) is 20.0. The van der Waals surface area contributed by atoms with Crippen molar-refractivity contribution in [3.63, 3.8) is 0 Å². The average Bonchev–Trinajstić information content (AvgIpc) is 2.66. The van der Waals surface area contributed by atoms with Crippen LogP contribution in [-0.4, -0.2) is 31.4 Å². The highest BCUT2D eigenvalue weighted by Gasteiger charge is 2.25. The maximum absolute atomic E-state index is 12.6. The number of Topliss-reactive ketones (excluding diaryl/α,β-unsaturated/α-hetero) is 1. The minimum absolute atomic E-state index is 0.117. The van der Waals surface area contributed by atoms with Crippen LogP contribution in [0.1, 0.15) is 35.9 Å². The van der Waals surface area contributed by atoms with Gasteiger partial charge in [-0.15, -0.1) is 0 Å². The van der Waals surface area contributed by atoms with E-state index in [1.54, 1.807) is 49.4 Å².